The van der Waals surface area contributed by atoms with Crippen LogP contribution in [0.15, 0.2) is 162 Å². The summed E-state index contributed by atoms with van der Waals surface area (Å²) < 4.78 is 64.8. The van der Waals surface area contributed by atoms with Crippen molar-refractivity contribution in [1.82, 2.24) is 0 Å². The van der Waals surface area contributed by atoms with E-state index in [1.165, 1.54) is 86.1 Å². The molecule has 332 valence electrons. The Balaban J connectivity index is 0.000000181. The summed E-state index contributed by atoms with van der Waals surface area (Å²) in [5.41, 5.74) is 6.32. The zero-order valence-corrected chi connectivity index (χ0v) is 36.2. The number of phenolic OH excluding ortho intramolecular Hbond substituents is 2. The molecule has 2 aliphatic heterocycles. The molecule has 0 radical (unpaired) electrons. The summed E-state index contributed by atoms with van der Waals surface area (Å²) in [5, 5.41) is 47.0. The second-order valence-electron chi connectivity index (χ2n) is 13.3. The number of halogens is 1. The Morgan fingerprint density at radius 3 is 1.65 bits per heavy atom. The highest BCUT2D eigenvalue weighted by atomic mass is 35.5. The smallest absolute Gasteiger partial charge is 0.335 e. The number of benzene rings is 6. The second kappa shape index (κ2) is 20.0. The molecule has 0 aromatic heterocycles. The topological polar surface area (TPSA) is 267 Å². The van der Waals surface area contributed by atoms with Gasteiger partial charge in [0.05, 0.1) is 54.0 Å². The number of nitrogens with zero attached hydrogens (tertiary/aromatic N) is 5. The van der Waals surface area contributed by atoms with E-state index in [-0.39, 0.29) is 49.2 Å². The predicted molar refractivity (Wildman–Crippen MR) is 244 cm³/mol. The lowest BCUT2D eigenvalue weighted by atomic mass is 10.1. The summed E-state index contributed by atoms with van der Waals surface area (Å²) in [4.78, 5) is 22.2. The lowest BCUT2D eigenvalue weighted by Crippen LogP contribution is -2.25. The van der Waals surface area contributed by atoms with Crippen molar-refractivity contribution >= 4 is 78.4 Å². The molecule has 0 unspecified atom stereocenters. The number of hydrogen-bond acceptors (Lipinski definition) is 14. The van der Waals surface area contributed by atoms with Crippen LogP contribution in [0.3, 0.4) is 0 Å². The molecule has 65 heavy (non-hydrogen) atoms. The van der Waals surface area contributed by atoms with Crippen molar-refractivity contribution < 1.29 is 56.3 Å². The van der Waals surface area contributed by atoms with Gasteiger partial charge in [-0.2, -0.15) is 27.0 Å². The van der Waals surface area contributed by atoms with Crippen LogP contribution in [-0.4, -0.2) is 86.9 Å². The molecule has 6 aromatic rings. The van der Waals surface area contributed by atoms with Crippen LogP contribution < -0.4 is 19.9 Å². The van der Waals surface area contributed by atoms with Gasteiger partial charge >= 0.3 is 11.9 Å². The Bertz CT molecular complexity index is 3130. The van der Waals surface area contributed by atoms with Crippen molar-refractivity contribution in [3.63, 3.8) is 0 Å². The third kappa shape index (κ3) is 11.1. The molecule has 0 bridgehead atoms. The Morgan fingerprint density at radius 2 is 1.12 bits per heavy atom. The van der Waals surface area contributed by atoms with Crippen molar-refractivity contribution in [2.24, 2.45) is 19.0 Å². The Morgan fingerprint density at radius 1 is 0.646 bits per heavy atom. The number of fused-ring (bicyclic) bond motifs is 2. The van der Waals surface area contributed by atoms with Crippen LogP contribution in [0.4, 0.5) is 11.4 Å². The SMILES string of the molecule is COc1cc(/C=N/N(C2=NS(=O)(=O)c3ccccc32)c2ccc(C(=O)O)cc2)ccc1O.COc1cc(/C=N/Nc2ccc(C(=O)O)cc2)ccc1O.O=S1(=O)N=C(Cl)c2ccccc21. The zero-order chi connectivity index (χ0) is 46.9. The molecular formula is C44H35ClN6O12S2. The Hall–Kier alpha value is -8.07. The van der Waals surface area contributed by atoms with Crippen molar-refractivity contribution in [1.29, 1.82) is 0 Å². The van der Waals surface area contributed by atoms with Crippen molar-refractivity contribution in [2.75, 3.05) is 24.7 Å². The number of anilines is 2. The molecule has 5 N–H and O–H groups in total. The van der Waals surface area contributed by atoms with Crippen LogP contribution in [0.1, 0.15) is 43.0 Å². The number of aromatic carboxylic acids is 2. The molecular weight excluding hydrogens is 904 g/mol. The van der Waals surface area contributed by atoms with Crippen molar-refractivity contribution in [3.05, 3.63) is 167 Å². The van der Waals surface area contributed by atoms with Crippen LogP contribution in [0.25, 0.3) is 0 Å². The molecule has 0 spiro atoms. The number of hydrazone groups is 2. The minimum Gasteiger partial charge on any atom is -0.504 e. The normalized spacial score (nSPS) is 13.8. The molecule has 0 saturated heterocycles. The summed E-state index contributed by atoms with van der Waals surface area (Å²) in [7, 11) is -4.51. The number of ether oxygens (including phenoxy) is 2. The molecule has 6 aromatic carbocycles. The number of amidine groups is 1. The maximum atomic E-state index is 12.5. The molecule has 2 aliphatic rings. The van der Waals surface area contributed by atoms with Crippen LogP contribution >= 0.6 is 11.6 Å². The predicted octanol–water partition coefficient (Wildman–Crippen LogP) is 7.01. The molecule has 0 fully saturated rings. The van der Waals surface area contributed by atoms with Crippen molar-refractivity contribution in [2.45, 2.75) is 9.79 Å². The van der Waals surface area contributed by atoms with Crippen LogP contribution in [0.2, 0.25) is 0 Å². The number of rotatable bonds is 10. The number of methoxy groups -OCH3 is 2. The van der Waals surface area contributed by atoms with E-state index in [9.17, 15) is 36.6 Å². The van der Waals surface area contributed by atoms with Gasteiger partial charge in [0, 0.05) is 11.1 Å². The van der Waals surface area contributed by atoms with Gasteiger partial charge in [0.1, 0.15) is 4.90 Å². The fourth-order valence-corrected chi connectivity index (χ4v) is 8.62. The minimum atomic E-state index is -3.90. The van der Waals surface area contributed by atoms with Crippen LogP contribution in [0, 0.1) is 0 Å². The molecule has 21 heteroatoms. The van der Waals surface area contributed by atoms with E-state index in [2.05, 4.69) is 24.4 Å². The van der Waals surface area contributed by atoms with Gasteiger partial charge in [0.25, 0.3) is 20.0 Å². The van der Waals surface area contributed by atoms with E-state index in [4.69, 9.17) is 31.3 Å². The molecule has 0 atom stereocenters. The molecule has 0 aliphatic carbocycles. The number of nitrogens with one attached hydrogen (secondary N) is 1. The summed E-state index contributed by atoms with van der Waals surface area (Å²) in [6.45, 7) is 0. The van der Waals surface area contributed by atoms with Crippen LogP contribution in [-0.2, 0) is 20.0 Å². The highest BCUT2D eigenvalue weighted by molar-refractivity contribution is 7.91. The Kier molecular flexibility index (Phi) is 14.3. The molecule has 0 amide bonds. The lowest BCUT2D eigenvalue weighted by Gasteiger charge is -2.19. The first kappa shape index (κ1) is 46.4. The quantitative estimate of drug-likeness (QED) is 0.0684. The summed E-state index contributed by atoms with van der Waals surface area (Å²) >= 11 is 5.60. The first-order valence-electron chi connectivity index (χ1n) is 18.6. The van der Waals surface area contributed by atoms with Gasteiger partial charge in [-0.15, -0.1) is 8.80 Å². The molecule has 18 nitrogen and oxygen atoms in total. The molecule has 8 rings (SSSR count). The third-order valence-electron chi connectivity index (χ3n) is 9.03. The van der Waals surface area contributed by atoms with Gasteiger partial charge in [-0.1, -0.05) is 41.9 Å². The number of hydrogen-bond donors (Lipinski definition) is 5. The fourth-order valence-electron chi connectivity index (χ4n) is 5.84. The monoisotopic (exact) mass is 938 g/mol. The van der Waals surface area contributed by atoms with Gasteiger partial charge in [-0.25, -0.2) is 14.6 Å². The van der Waals surface area contributed by atoms with E-state index >= 15 is 0 Å². The first-order chi connectivity index (χ1) is 31.0. The first-order valence-corrected chi connectivity index (χ1v) is 21.8. The maximum absolute atomic E-state index is 12.5. The molecule has 0 saturated carbocycles. The van der Waals surface area contributed by atoms with Gasteiger partial charge in [0.15, 0.2) is 34.0 Å². The second-order valence-corrected chi connectivity index (χ2v) is 16.8. The van der Waals surface area contributed by atoms with E-state index in [0.717, 1.165) is 5.56 Å². The zero-order valence-electron chi connectivity index (χ0n) is 33.8. The largest absolute Gasteiger partial charge is 0.504 e. The summed E-state index contributed by atoms with van der Waals surface area (Å²) in [6, 6.07) is 34.3. The number of phenols is 2. The summed E-state index contributed by atoms with van der Waals surface area (Å²) in [6.07, 6.45) is 3.01. The highest BCUT2D eigenvalue weighted by Gasteiger charge is 2.32. The number of aromatic hydroxyl groups is 2. The van der Waals surface area contributed by atoms with E-state index in [0.29, 0.717) is 33.8 Å². The highest BCUT2D eigenvalue weighted by Crippen LogP contribution is 2.32. The standard InChI is InChI=1S/C22H17N3O6S.C15H14N2O4.C7H4ClNO2S/c1-31-19-12-14(6-11-18(19)26)13-23-25(16-9-7-15(8-10-16)22(27)28)21-17-4-2-3-5-20(17)32(29,30)24-21;1-21-14-8-10(2-7-13(14)18)9-16-17-12-5-3-11(4-6-12)15(19)20;8-7-5-3-1-2-4-6(5)12(10,11)9-7/h2-13,26H,1H3,(H,27,28);2-9,17-18H,1H3,(H,19,20);1-4H/b23-13+;16-9+;. The number of sulfonamides is 2. The number of carboxylic acids is 2. The van der Waals surface area contributed by atoms with E-state index in [1.54, 1.807) is 79.0 Å². The average molecular weight is 939 g/mol. The van der Waals surface area contributed by atoms with Crippen LogP contribution in [0.5, 0.6) is 23.0 Å². The van der Waals surface area contributed by atoms with Gasteiger partial charge in [-0.3, -0.25) is 5.43 Å². The van der Waals surface area contributed by atoms with E-state index < -0.39 is 32.0 Å². The number of carbonyl (C=O) groups is 2. The average Bonchev–Trinajstić information content (AvgIpc) is 3.71. The fraction of sp³-hybridized carbons (Fsp3) is 0.0455. The number of carboxylic acid groups (broad SMARTS) is 2. The third-order valence-corrected chi connectivity index (χ3v) is 12.1. The lowest BCUT2D eigenvalue weighted by molar-refractivity contribution is 0.0686. The molecule has 2 heterocycles. The van der Waals surface area contributed by atoms with Crippen molar-refractivity contribution in [3.8, 4) is 23.0 Å². The van der Waals surface area contributed by atoms with Gasteiger partial charge < -0.3 is 29.9 Å². The van der Waals surface area contributed by atoms with E-state index in [1.807, 2.05) is 0 Å². The maximum Gasteiger partial charge on any atom is 0.335 e. The summed E-state index contributed by atoms with van der Waals surface area (Å²) in [5.74, 6) is -1.35. The minimum absolute atomic E-state index is 0.0362. The van der Waals surface area contributed by atoms with Gasteiger partial charge in [0.2, 0.25) is 0 Å². The van der Waals surface area contributed by atoms with Gasteiger partial charge in [-0.05, 0) is 114 Å². The Labute approximate surface area is 376 Å².